The fourth-order valence-corrected chi connectivity index (χ4v) is 2.92. The molecular formula is C12H13ClN2O4S. The van der Waals surface area contributed by atoms with E-state index < -0.39 is 20.3 Å². The normalized spacial score (nSPS) is 11.9. The van der Waals surface area contributed by atoms with Crippen LogP contribution in [0.5, 0.6) is 0 Å². The Morgan fingerprint density at radius 1 is 1.10 bits per heavy atom. The van der Waals surface area contributed by atoms with Crippen LogP contribution in [0.25, 0.3) is 10.9 Å². The van der Waals surface area contributed by atoms with Crippen molar-refractivity contribution < 1.29 is 8.42 Å². The molecule has 2 aromatic rings. The molecule has 0 fully saturated rings. The van der Waals surface area contributed by atoms with E-state index in [4.69, 9.17) is 10.7 Å². The molecule has 0 bridgehead atoms. The zero-order valence-electron chi connectivity index (χ0n) is 11.0. The molecule has 0 atom stereocenters. The summed E-state index contributed by atoms with van der Waals surface area (Å²) < 4.78 is 25.2. The summed E-state index contributed by atoms with van der Waals surface area (Å²) in [4.78, 5) is 24.2. The fourth-order valence-electron chi connectivity index (χ4n) is 2.14. The molecule has 0 unspecified atom stereocenters. The molecule has 1 aromatic heterocycles. The van der Waals surface area contributed by atoms with Crippen molar-refractivity contribution >= 4 is 30.6 Å². The molecule has 0 radical (unpaired) electrons. The van der Waals surface area contributed by atoms with Crippen LogP contribution in [0.4, 0.5) is 0 Å². The SMILES string of the molecule is CCn1c(=O)c2cc(S(=O)(=O)Cl)ccc2n(CC)c1=O. The van der Waals surface area contributed by atoms with Gasteiger partial charge in [0.2, 0.25) is 0 Å². The highest BCUT2D eigenvalue weighted by Gasteiger charge is 2.15. The molecule has 108 valence electrons. The van der Waals surface area contributed by atoms with Crippen LogP contribution in [0, 0.1) is 0 Å². The van der Waals surface area contributed by atoms with Gasteiger partial charge in [-0.3, -0.25) is 13.9 Å². The molecule has 8 heteroatoms. The van der Waals surface area contributed by atoms with E-state index in [0.29, 0.717) is 12.1 Å². The lowest BCUT2D eigenvalue weighted by molar-refractivity contribution is 0.606. The van der Waals surface area contributed by atoms with Gasteiger partial charge in [-0.05, 0) is 32.0 Å². The van der Waals surface area contributed by atoms with Gasteiger partial charge in [0.15, 0.2) is 0 Å². The molecule has 0 aliphatic heterocycles. The second-order valence-electron chi connectivity index (χ2n) is 4.19. The molecule has 6 nitrogen and oxygen atoms in total. The monoisotopic (exact) mass is 316 g/mol. The Hall–Kier alpha value is -1.60. The van der Waals surface area contributed by atoms with Crippen molar-refractivity contribution in [3.8, 4) is 0 Å². The van der Waals surface area contributed by atoms with E-state index in [1.165, 1.54) is 22.8 Å². The Kier molecular flexibility index (Phi) is 3.75. The molecule has 1 heterocycles. The Bertz CT molecular complexity index is 896. The Morgan fingerprint density at radius 2 is 1.70 bits per heavy atom. The lowest BCUT2D eigenvalue weighted by Crippen LogP contribution is -2.39. The minimum atomic E-state index is -3.92. The highest BCUT2D eigenvalue weighted by Crippen LogP contribution is 2.19. The van der Waals surface area contributed by atoms with Crippen molar-refractivity contribution in [2.75, 3.05) is 0 Å². The number of hydrogen-bond acceptors (Lipinski definition) is 4. The number of aromatic nitrogens is 2. The van der Waals surface area contributed by atoms with E-state index in [0.717, 1.165) is 4.57 Å². The van der Waals surface area contributed by atoms with E-state index in [1.54, 1.807) is 13.8 Å². The van der Waals surface area contributed by atoms with Crippen LogP contribution in [0.3, 0.4) is 0 Å². The molecule has 0 aliphatic carbocycles. The van der Waals surface area contributed by atoms with E-state index in [9.17, 15) is 18.0 Å². The van der Waals surface area contributed by atoms with Gasteiger partial charge in [-0.25, -0.2) is 13.2 Å². The van der Waals surface area contributed by atoms with Gasteiger partial charge in [0.1, 0.15) is 0 Å². The third-order valence-electron chi connectivity index (χ3n) is 3.11. The van der Waals surface area contributed by atoms with E-state index in [2.05, 4.69) is 0 Å². The second-order valence-corrected chi connectivity index (χ2v) is 6.76. The van der Waals surface area contributed by atoms with E-state index >= 15 is 0 Å². The molecule has 0 aliphatic rings. The summed E-state index contributed by atoms with van der Waals surface area (Å²) in [5, 5.41) is 0.162. The molecule has 0 spiro atoms. The largest absolute Gasteiger partial charge is 0.331 e. The lowest BCUT2D eigenvalue weighted by Gasteiger charge is -2.11. The highest BCUT2D eigenvalue weighted by molar-refractivity contribution is 8.13. The molecule has 20 heavy (non-hydrogen) atoms. The van der Waals surface area contributed by atoms with Gasteiger partial charge in [0.25, 0.3) is 14.6 Å². The summed E-state index contributed by atoms with van der Waals surface area (Å²) >= 11 is 0. The van der Waals surface area contributed by atoms with Crippen LogP contribution in [0.1, 0.15) is 13.8 Å². The number of halogens is 1. The average Bonchev–Trinajstić information content (AvgIpc) is 2.38. The van der Waals surface area contributed by atoms with Crippen LogP contribution >= 0.6 is 10.7 Å². The van der Waals surface area contributed by atoms with Gasteiger partial charge < -0.3 is 0 Å². The van der Waals surface area contributed by atoms with Crippen molar-refractivity contribution in [2.24, 2.45) is 0 Å². The smallest absolute Gasteiger partial charge is 0.293 e. The average molecular weight is 317 g/mol. The minimum Gasteiger partial charge on any atom is -0.293 e. The van der Waals surface area contributed by atoms with Gasteiger partial charge in [-0.2, -0.15) is 0 Å². The number of benzene rings is 1. The summed E-state index contributed by atoms with van der Waals surface area (Å²) in [6.45, 7) is 4.04. The summed E-state index contributed by atoms with van der Waals surface area (Å²) in [6, 6.07) is 3.92. The molecule has 0 amide bonds. The molecule has 0 N–H and O–H groups in total. The molecule has 2 rings (SSSR count). The first-order chi connectivity index (χ1) is 9.31. The zero-order chi connectivity index (χ0) is 15.1. The van der Waals surface area contributed by atoms with Gasteiger partial charge in [0, 0.05) is 23.8 Å². The minimum absolute atomic E-state index is 0.160. The predicted molar refractivity (Wildman–Crippen MR) is 76.9 cm³/mol. The number of hydrogen-bond donors (Lipinski definition) is 0. The van der Waals surface area contributed by atoms with Crippen LogP contribution in [0.15, 0.2) is 32.7 Å². The van der Waals surface area contributed by atoms with Gasteiger partial charge in [-0.15, -0.1) is 0 Å². The maximum absolute atomic E-state index is 12.2. The van der Waals surface area contributed by atoms with Gasteiger partial charge in [0.05, 0.1) is 15.8 Å². The van der Waals surface area contributed by atoms with Crippen molar-refractivity contribution in [1.82, 2.24) is 9.13 Å². The second kappa shape index (κ2) is 5.06. The Labute approximate surface area is 119 Å². The number of fused-ring (bicyclic) bond motifs is 1. The van der Waals surface area contributed by atoms with Crippen molar-refractivity contribution in [3.05, 3.63) is 39.0 Å². The first-order valence-electron chi connectivity index (χ1n) is 6.03. The van der Waals surface area contributed by atoms with Crippen LogP contribution < -0.4 is 11.2 Å². The van der Waals surface area contributed by atoms with E-state index in [1.807, 2.05) is 0 Å². The fraction of sp³-hybridized carbons (Fsp3) is 0.333. The van der Waals surface area contributed by atoms with Crippen LogP contribution in [0.2, 0.25) is 0 Å². The Morgan fingerprint density at radius 3 is 2.20 bits per heavy atom. The lowest BCUT2D eigenvalue weighted by atomic mass is 10.2. The predicted octanol–water partition coefficient (Wildman–Crippen LogP) is 1.13. The maximum Gasteiger partial charge on any atom is 0.331 e. The molecule has 0 saturated carbocycles. The summed E-state index contributed by atoms with van der Waals surface area (Å²) in [5.41, 5.74) is -0.524. The summed E-state index contributed by atoms with van der Waals surface area (Å²) in [7, 11) is 1.36. The van der Waals surface area contributed by atoms with Gasteiger partial charge >= 0.3 is 5.69 Å². The third-order valence-corrected chi connectivity index (χ3v) is 4.46. The summed E-state index contributed by atoms with van der Waals surface area (Å²) in [5.74, 6) is 0. The van der Waals surface area contributed by atoms with Crippen molar-refractivity contribution in [1.29, 1.82) is 0 Å². The number of nitrogens with zero attached hydrogens (tertiary/aromatic N) is 2. The van der Waals surface area contributed by atoms with Gasteiger partial charge in [-0.1, -0.05) is 0 Å². The quantitative estimate of drug-likeness (QED) is 0.795. The van der Waals surface area contributed by atoms with Crippen LogP contribution in [-0.2, 0) is 22.1 Å². The standard InChI is InChI=1S/C12H13ClN2O4S/c1-3-14-10-6-5-8(20(13,18)19)7-9(10)11(16)15(4-2)12(14)17/h5-7H,3-4H2,1-2H3. The first kappa shape index (κ1) is 14.8. The molecule has 0 saturated heterocycles. The maximum atomic E-state index is 12.2. The van der Waals surface area contributed by atoms with Crippen molar-refractivity contribution in [2.45, 2.75) is 31.8 Å². The van der Waals surface area contributed by atoms with Crippen LogP contribution in [-0.4, -0.2) is 17.6 Å². The topological polar surface area (TPSA) is 78.1 Å². The number of aryl methyl sites for hydroxylation is 1. The Balaban J connectivity index is 3.04. The number of rotatable bonds is 3. The first-order valence-corrected chi connectivity index (χ1v) is 8.34. The molecule has 1 aromatic carbocycles. The third kappa shape index (κ3) is 2.27. The van der Waals surface area contributed by atoms with E-state index in [-0.39, 0.29) is 16.8 Å². The zero-order valence-corrected chi connectivity index (χ0v) is 12.5. The van der Waals surface area contributed by atoms with Crippen molar-refractivity contribution in [3.63, 3.8) is 0 Å². The highest BCUT2D eigenvalue weighted by atomic mass is 35.7. The summed E-state index contributed by atoms with van der Waals surface area (Å²) in [6.07, 6.45) is 0. The molecular weight excluding hydrogens is 304 g/mol.